The zero-order valence-corrected chi connectivity index (χ0v) is 18.3. The number of para-hydroxylation sites is 1. The van der Waals surface area contributed by atoms with Crippen LogP contribution >= 0.6 is 0 Å². The SMILES string of the molecule is CC[C@@H](C)CNC(=O)c1ccccc1N1CCC(NC(=O)c2ccc(C)cc2)CC1. The van der Waals surface area contributed by atoms with Gasteiger partial charge in [-0.25, -0.2) is 0 Å². The zero-order chi connectivity index (χ0) is 21.5. The lowest BCUT2D eigenvalue weighted by Gasteiger charge is -2.35. The number of nitrogens with one attached hydrogen (secondary N) is 2. The van der Waals surface area contributed by atoms with E-state index in [1.165, 1.54) is 0 Å². The van der Waals surface area contributed by atoms with Gasteiger partial charge in [-0.1, -0.05) is 50.1 Å². The number of piperidine rings is 1. The fraction of sp³-hybridized carbons (Fsp3) is 0.440. The lowest BCUT2D eigenvalue weighted by atomic mass is 10.0. The summed E-state index contributed by atoms with van der Waals surface area (Å²) in [5.41, 5.74) is 3.54. The Hall–Kier alpha value is -2.82. The molecule has 0 unspecified atom stereocenters. The Morgan fingerprint density at radius 2 is 1.70 bits per heavy atom. The summed E-state index contributed by atoms with van der Waals surface area (Å²) in [7, 11) is 0. The van der Waals surface area contributed by atoms with Crippen LogP contribution in [0.15, 0.2) is 48.5 Å². The van der Waals surface area contributed by atoms with Crippen molar-refractivity contribution in [2.24, 2.45) is 5.92 Å². The fourth-order valence-corrected chi connectivity index (χ4v) is 3.69. The summed E-state index contributed by atoms with van der Waals surface area (Å²) in [5, 5.41) is 6.22. The van der Waals surface area contributed by atoms with E-state index in [2.05, 4.69) is 29.4 Å². The summed E-state index contributed by atoms with van der Waals surface area (Å²) in [6.07, 6.45) is 2.77. The Labute approximate surface area is 179 Å². The third-order valence-electron chi connectivity index (χ3n) is 5.94. The minimum atomic E-state index is -0.0155. The van der Waals surface area contributed by atoms with Crippen molar-refractivity contribution < 1.29 is 9.59 Å². The van der Waals surface area contributed by atoms with Crippen molar-refractivity contribution in [3.63, 3.8) is 0 Å². The molecule has 1 heterocycles. The van der Waals surface area contributed by atoms with E-state index in [1.54, 1.807) is 0 Å². The number of amides is 2. The van der Waals surface area contributed by atoms with Gasteiger partial charge in [0, 0.05) is 36.9 Å². The molecule has 0 spiro atoms. The van der Waals surface area contributed by atoms with E-state index >= 15 is 0 Å². The number of benzene rings is 2. The number of aryl methyl sites for hydroxylation is 1. The highest BCUT2D eigenvalue weighted by Gasteiger charge is 2.24. The van der Waals surface area contributed by atoms with Crippen LogP contribution in [-0.4, -0.2) is 37.5 Å². The van der Waals surface area contributed by atoms with Crippen molar-refractivity contribution in [2.75, 3.05) is 24.5 Å². The maximum absolute atomic E-state index is 12.7. The second-order valence-electron chi connectivity index (χ2n) is 8.34. The van der Waals surface area contributed by atoms with Gasteiger partial charge >= 0.3 is 0 Å². The summed E-state index contributed by atoms with van der Waals surface area (Å²) >= 11 is 0. The van der Waals surface area contributed by atoms with E-state index in [0.717, 1.165) is 49.2 Å². The molecule has 0 aromatic heterocycles. The third kappa shape index (κ3) is 5.62. The van der Waals surface area contributed by atoms with Crippen LogP contribution in [0.1, 0.15) is 59.4 Å². The van der Waals surface area contributed by atoms with Crippen molar-refractivity contribution in [3.05, 3.63) is 65.2 Å². The van der Waals surface area contributed by atoms with E-state index in [-0.39, 0.29) is 17.9 Å². The number of hydrogen-bond donors (Lipinski definition) is 2. The van der Waals surface area contributed by atoms with Crippen molar-refractivity contribution in [2.45, 2.75) is 46.1 Å². The normalized spacial score (nSPS) is 15.5. The second-order valence-corrected chi connectivity index (χ2v) is 8.34. The Kier molecular flexibility index (Phi) is 7.50. The molecule has 0 aliphatic carbocycles. The van der Waals surface area contributed by atoms with Crippen LogP contribution in [0.25, 0.3) is 0 Å². The van der Waals surface area contributed by atoms with Gasteiger partial charge in [-0.05, 0) is 49.9 Å². The molecule has 5 heteroatoms. The van der Waals surface area contributed by atoms with Gasteiger partial charge in [-0.15, -0.1) is 0 Å². The topological polar surface area (TPSA) is 61.4 Å². The molecule has 160 valence electrons. The molecule has 2 N–H and O–H groups in total. The molecule has 0 bridgehead atoms. The predicted octanol–water partition coefficient (Wildman–Crippen LogP) is 4.17. The van der Waals surface area contributed by atoms with Gasteiger partial charge in [0.2, 0.25) is 0 Å². The van der Waals surface area contributed by atoms with Gasteiger partial charge in [0.1, 0.15) is 0 Å². The second kappa shape index (κ2) is 10.3. The summed E-state index contributed by atoms with van der Waals surface area (Å²) in [6.45, 7) is 8.61. The molecule has 2 aromatic carbocycles. The van der Waals surface area contributed by atoms with E-state index in [9.17, 15) is 9.59 Å². The highest BCUT2D eigenvalue weighted by atomic mass is 16.2. The lowest BCUT2D eigenvalue weighted by Crippen LogP contribution is -2.45. The molecule has 2 aromatic rings. The lowest BCUT2D eigenvalue weighted by molar-refractivity contribution is 0.0929. The number of nitrogens with zero attached hydrogens (tertiary/aromatic N) is 1. The third-order valence-corrected chi connectivity index (χ3v) is 5.94. The maximum Gasteiger partial charge on any atom is 0.253 e. The van der Waals surface area contributed by atoms with Crippen molar-refractivity contribution in [3.8, 4) is 0 Å². The molecule has 3 rings (SSSR count). The standard InChI is InChI=1S/C25H33N3O2/c1-4-18(2)17-26-25(30)22-7-5-6-8-23(22)28-15-13-21(14-16-28)27-24(29)20-11-9-19(3)10-12-20/h5-12,18,21H,4,13-17H2,1-3H3,(H,26,30)(H,27,29)/t18-/m1/s1. The Bertz CT molecular complexity index is 855. The van der Waals surface area contributed by atoms with Gasteiger partial charge < -0.3 is 15.5 Å². The highest BCUT2D eigenvalue weighted by Crippen LogP contribution is 2.24. The summed E-state index contributed by atoms with van der Waals surface area (Å²) in [6, 6.07) is 15.6. The molecule has 0 saturated carbocycles. The highest BCUT2D eigenvalue weighted by molar-refractivity contribution is 5.99. The Morgan fingerprint density at radius 1 is 1.03 bits per heavy atom. The number of carbonyl (C=O) groups excluding carboxylic acids is 2. The van der Waals surface area contributed by atoms with Crippen LogP contribution in [-0.2, 0) is 0 Å². The minimum absolute atomic E-state index is 0.0132. The molecule has 0 radical (unpaired) electrons. The average molecular weight is 408 g/mol. The Morgan fingerprint density at radius 3 is 2.37 bits per heavy atom. The van der Waals surface area contributed by atoms with E-state index in [1.807, 2.05) is 55.5 Å². The molecular weight excluding hydrogens is 374 g/mol. The number of hydrogen-bond acceptors (Lipinski definition) is 3. The minimum Gasteiger partial charge on any atom is -0.371 e. The first-order chi connectivity index (χ1) is 14.5. The molecule has 30 heavy (non-hydrogen) atoms. The summed E-state index contributed by atoms with van der Waals surface area (Å²) in [5.74, 6) is 0.438. The first-order valence-electron chi connectivity index (χ1n) is 11.0. The zero-order valence-electron chi connectivity index (χ0n) is 18.3. The van der Waals surface area contributed by atoms with Crippen molar-refractivity contribution in [1.29, 1.82) is 0 Å². The Balaban J connectivity index is 1.58. The molecule has 1 saturated heterocycles. The van der Waals surface area contributed by atoms with Crippen LogP contribution in [0.5, 0.6) is 0 Å². The molecule has 2 amide bonds. The van der Waals surface area contributed by atoms with E-state index < -0.39 is 0 Å². The van der Waals surface area contributed by atoms with Crippen LogP contribution in [0.4, 0.5) is 5.69 Å². The summed E-state index contributed by atoms with van der Waals surface area (Å²) in [4.78, 5) is 27.5. The van der Waals surface area contributed by atoms with E-state index in [4.69, 9.17) is 0 Å². The fourth-order valence-electron chi connectivity index (χ4n) is 3.69. The molecule has 1 aliphatic heterocycles. The number of carbonyl (C=O) groups is 2. The van der Waals surface area contributed by atoms with Gasteiger partial charge in [-0.2, -0.15) is 0 Å². The van der Waals surface area contributed by atoms with E-state index in [0.29, 0.717) is 18.0 Å². The largest absolute Gasteiger partial charge is 0.371 e. The first kappa shape index (κ1) is 21.9. The first-order valence-corrected chi connectivity index (χ1v) is 11.0. The smallest absolute Gasteiger partial charge is 0.253 e. The van der Waals surface area contributed by atoms with Crippen molar-refractivity contribution in [1.82, 2.24) is 10.6 Å². The maximum atomic E-state index is 12.7. The van der Waals surface area contributed by atoms with Gasteiger partial charge in [0.15, 0.2) is 0 Å². The molecule has 5 nitrogen and oxygen atoms in total. The monoisotopic (exact) mass is 407 g/mol. The van der Waals surface area contributed by atoms with Crippen LogP contribution < -0.4 is 15.5 Å². The van der Waals surface area contributed by atoms with Crippen LogP contribution in [0.2, 0.25) is 0 Å². The average Bonchev–Trinajstić information content (AvgIpc) is 2.78. The molecular formula is C25H33N3O2. The predicted molar refractivity (Wildman–Crippen MR) is 122 cm³/mol. The molecule has 1 aliphatic rings. The summed E-state index contributed by atoms with van der Waals surface area (Å²) < 4.78 is 0. The van der Waals surface area contributed by atoms with Gasteiger partial charge in [0.05, 0.1) is 5.56 Å². The molecule has 1 fully saturated rings. The number of anilines is 1. The van der Waals surface area contributed by atoms with Crippen LogP contribution in [0, 0.1) is 12.8 Å². The van der Waals surface area contributed by atoms with Crippen molar-refractivity contribution >= 4 is 17.5 Å². The van der Waals surface area contributed by atoms with Gasteiger partial charge in [0.25, 0.3) is 11.8 Å². The van der Waals surface area contributed by atoms with Gasteiger partial charge in [-0.3, -0.25) is 9.59 Å². The quantitative estimate of drug-likeness (QED) is 0.724. The number of rotatable bonds is 7. The molecule has 1 atom stereocenters. The van der Waals surface area contributed by atoms with Crippen LogP contribution in [0.3, 0.4) is 0 Å².